The predicted molar refractivity (Wildman–Crippen MR) is 125 cm³/mol. The van der Waals surface area contributed by atoms with Crippen molar-refractivity contribution in [2.45, 2.75) is 12.9 Å². The molecule has 34 heavy (non-hydrogen) atoms. The van der Waals surface area contributed by atoms with Crippen LogP contribution in [0, 0.1) is 0 Å². The standard InChI is InChI=1S/C23H17Cl2F3N4O2/c1-31-12-14(10-30-31)18-13-32(15-5-7-16(8-6-15)34-23(26,27)28)22(33)9-21(18)29-11-17-19(24)3-2-4-20(17)25/h2-10,12-13,29H,11H2,1H3. The van der Waals surface area contributed by atoms with Gasteiger partial charge in [-0.15, -0.1) is 13.2 Å². The Bertz CT molecular complexity index is 1360. The average Bonchev–Trinajstić information content (AvgIpc) is 3.19. The van der Waals surface area contributed by atoms with Crippen molar-refractivity contribution >= 4 is 28.9 Å². The van der Waals surface area contributed by atoms with Gasteiger partial charge >= 0.3 is 6.36 Å². The molecule has 6 nitrogen and oxygen atoms in total. The third-order valence-corrected chi connectivity index (χ3v) is 5.64. The molecule has 176 valence electrons. The highest BCUT2D eigenvalue weighted by atomic mass is 35.5. The van der Waals surface area contributed by atoms with E-state index in [1.54, 1.807) is 48.5 Å². The zero-order chi connectivity index (χ0) is 24.5. The summed E-state index contributed by atoms with van der Waals surface area (Å²) in [4.78, 5) is 12.9. The lowest BCUT2D eigenvalue weighted by Crippen LogP contribution is -2.19. The van der Waals surface area contributed by atoms with Crippen LogP contribution in [0.15, 0.2) is 71.9 Å². The molecule has 2 aromatic carbocycles. The van der Waals surface area contributed by atoms with Gasteiger partial charge in [-0.25, -0.2) is 0 Å². The number of rotatable bonds is 6. The molecule has 0 fully saturated rings. The van der Waals surface area contributed by atoms with Crippen LogP contribution < -0.4 is 15.6 Å². The predicted octanol–water partition coefficient (Wildman–Crippen LogP) is 6.06. The van der Waals surface area contributed by atoms with Gasteiger partial charge in [-0.1, -0.05) is 29.3 Å². The van der Waals surface area contributed by atoms with Crippen molar-refractivity contribution in [1.29, 1.82) is 0 Å². The van der Waals surface area contributed by atoms with Gasteiger partial charge in [0.15, 0.2) is 0 Å². The normalized spacial score (nSPS) is 11.5. The van der Waals surface area contributed by atoms with Crippen LogP contribution >= 0.6 is 23.2 Å². The molecule has 11 heteroatoms. The molecule has 0 aliphatic heterocycles. The smallest absolute Gasteiger partial charge is 0.406 e. The van der Waals surface area contributed by atoms with Crippen LogP contribution in [-0.4, -0.2) is 20.7 Å². The molecule has 0 atom stereocenters. The number of anilines is 1. The number of halogens is 5. The first-order valence-electron chi connectivity index (χ1n) is 9.89. The van der Waals surface area contributed by atoms with E-state index in [1.165, 1.54) is 22.8 Å². The summed E-state index contributed by atoms with van der Waals surface area (Å²) in [7, 11) is 1.76. The number of aryl methyl sites for hydroxylation is 1. The van der Waals surface area contributed by atoms with Crippen LogP contribution in [0.25, 0.3) is 16.8 Å². The highest BCUT2D eigenvalue weighted by Crippen LogP contribution is 2.30. The molecular formula is C23H17Cl2F3N4O2. The number of aromatic nitrogens is 3. The van der Waals surface area contributed by atoms with Crippen LogP contribution in [0.5, 0.6) is 5.75 Å². The molecule has 4 aromatic rings. The summed E-state index contributed by atoms with van der Waals surface area (Å²) < 4.78 is 44.2. The van der Waals surface area contributed by atoms with Gasteiger partial charge in [-0.3, -0.25) is 14.0 Å². The summed E-state index contributed by atoms with van der Waals surface area (Å²) in [6, 6.07) is 11.6. The maximum atomic E-state index is 12.9. The largest absolute Gasteiger partial charge is 0.573 e. The Labute approximate surface area is 202 Å². The summed E-state index contributed by atoms with van der Waals surface area (Å²) in [5.41, 5.74) is 2.53. The molecule has 0 saturated heterocycles. The van der Waals surface area contributed by atoms with Gasteiger partial charge < -0.3 is 10.1 Å². The van der Waals surface area contributed by atoms with Gasteiger partial charge in [-0.2, -0.15) is 5.10 Å². The minimum Gasteiger partial charge on any atom is -0.406 e. The summed E-state index contributed by atoms with van der Waals surface area (Å²) in [6.45, 7) is 0.263. The van der Waals surface area contributed by atoms with Crippen molar-refractivity contribution in [2.24, 2.45) is 7.05 Å². The fraction of sp³-hybridized carbons (Fsp3) is 0.130. The number of pyridine rings is 1. The summed E-state index contributed by atoms with van der Waals surface area (Å²) in [6.07, 6.45) is 0.204. The molecule has 0 radical (unpaired) electrons. The topological polar surface area (TPSA) is 61.1 Å². The van der Waals surface area contributed by atoms with E-state index in [9.17, 15) is 18.0 Å². The zero-order valence-electron chi connectivity index (χ0n) is 17.6. The van der Waals surface area contributed by atoms with Gasteiger partial charge in [0.2, 0.25) is 0 Å². The Balaban J connectivity index is 1.72. The second-order valence-electron chi connectivity index (χ2n) is 7.31. The number of hydrogen-bond acceptors (Lipinski definition) is 4. The lowest BCUT2D eigenvalue weighted by atomic mass is 10.1. The van der Waals surface area contributed by atoms with Gasteiger partial charge in [0.05, 0.1) is 6.20 Å². The van der Waals surface area contributed by atoms with Crippen molar-refractivity contribution in [3.63, 3.8) is 0 Å². The molecule has 0 aliphatic rings. The van der Waals surface area contributed by atoms with Crippen LogP contribution in [-0.2, 0) is 13.6 Å². The lowest BCUT2D eigenvalue weighted by molar-refractivity contribution is -0.274. The number of nitrogens with zero attached hydrogens (tertiary/aromatic N) is 3. The van der Waals surface area contributed by atoms with Crippen LogP contribution in [0.2, 0.25) is 10.0 Å². The monoisotopic (exact) mass is 508 g/mol. The molecule has 4 rings (SSSR count). The van der Waals surface area contributed by atoms with E-state index in [0.717, 1.165) is 17.7 Å². The van der Waals surface area contributed by atoms with Gasteiger partial charge in [0.1, 0.15) is 5.75 Å². The molecule has 0 saturated carbocycles. The SMILES string of the molecule is Cn1cc(-c2cn(-c3ccc(OC(F)(F)F)cc3)c(=O)cc2NCc2c(Cl)cccc2Cl)cn1. The second-order valence-corrected chi connectivity index (χ2v) is 8.12. The van der Waals surface area contributed by atoms with Crippen LogP contribution in [0.1, 0.15) is 5.56 Å². The fourth-order valence-corrected chi connectivity index (χ4v) is 3.90. The third-order valence-electron chi connectivity index (χ3n) is 4.94. The van der Waals surface area contributed by atoms with Crippen molar-refractivity contribution in [2.75, 3.05) is 5.32 Å². The Kier molecular flexibility index (Phi) is 6.58. The van der Waals surface area contributed by atoms with Crippen molar-refractivity contribution in [1.82, 2.24) is 14.3 Å². The Morgan fingerprint density at radius 2 is 1.74 bits per heavy atom. The van der Waals surface area contributed by atoms with E-state index >= 15 is 0 Å². The van der Waals surface area contributed by atoms with E-state index in [0.29, 0.717) is 32.5 Å². The fourth-order valence-electron chi connectivity index (χ4n) is 3.36. The van der Waals surface area contributed by atoms with E-state index in [2.05, 4.69) is 15.2 Å². The van der Waals surface area contributed by atoms with Crippen molar-refractivity contribution in [3.05, 3.63) is 93.1 Å². The molecule has 0 bridgehead atoms. The summed E-state index contributed by atoms with van der Waals surface area (Å²) in [5, 5.41) is 8.36. The van der Waals surface area contributed by atoms with Gasteiger partial charge in [0, 0.05) is 70.2 Å². The molecular weight excluding hydrogens is 492 g/mol. The minimum atomic E-state index is -4.80. The number of hydrogen-bond donors (Lipinski definition) is 1. The number of ether oxygens (including phenoxy) is 1. The van der Waals surface area contributed by atoms with E-state index < -0.39 is 11.9 Å². The number of benzene rings is 2. The van der Waals surface area contributed by atoms with E-state index in [4.69, 9.17) is 23.2 Å². The van der Waals surface area contributed by atoms with Crippen LogP contribution in [0.4, 0.5) is 18.9 Å². The molecule has 1 N–H and O–H groups in total. The highest BCUT2D eigenvalue weighted by Gasteiger charge is 2.31. The maximum Gasteiger partial charge on any atom is 0.573 e. The minimum absolute atomic E-state index is 0.263. The van der Waals surface area contributed by atoms with E-state index in [1.807, 2.05) is 0 Å². The van der Waals surface area contributed by atoms with Crippen molar-refractivity contribution < 1.29 is 17.9 Å². The van der Waals surface area contributed by atoms with Crippen molar-refractivity contribution in [3.8, 4) is 22.6 Å². The molecule has 0 aliphatic carbocycles. The maximum absolute atomic E-state index is 12.9. The Morgan fingerprint density at radius 1 is 1.06 bits per heavy atom. The first kappa shape index (κ1) is 23.7. The Hall–Kier alpha value is -3.43. The first-order chi connectivity index (χ1) is 16.1. The molecule has 0 unspecified atom stereocenters. The molecule has 0 amide bonds. The Morgan fingerprint density at radius 3 is 2.32 bits per heavy atom. The quantitative estimate of drug-likeness (QED) is 0.344. The first-order valence-corrected chi connectivity index (χ1v) is 10.6. The second kappa shape index (κ2) is 9.44. The number of nitrogens with one attached hydrogen (secondary N) is 1. The molecule has 0 spiro atoms. The summed E-state index contributed by atoms with van der Waals surface area (Å²) >= 11 is 12.5. The van der Waals surface area contributed by atoms with Gasteiger partial charge in [0.25, 0.3) is 5.56 Å². The van der Waals surface area contributed by atoms with Gasteiger partial charge in [-0.05, 0) is 36.4 Å². The van der Waals surface area contributed by atoms with Crippen LogP contribution in [0.3, 0.4) is 0 Å². The van der Waals surface area contributed by atoms with E-state index in [-0.39, 0.29) is 12.3 Å². The zero-order valence-corrected chi connectivity index (χ0v) is 19.1. The molecule has 2 heterocycles. The third kappa shape index (κ3) is 5.37. The molecule has 2 aromatic heterocycles. The lowest BCUT2D eigenvalue weighted by Gasteiger charge is -2.16. The average molecular weight is 509 g/mol. The summed E-state index contributed by atoms with van der Waals surface area (Å²) in [5.74, 6) is -0.383. The number of alkyl halides is 3. The highest BCUT2D eigenvalue weighted by molar-refractivity contribution is 6.36.